The molecule has 2 amide bonds. The molecule has 1 aliphatic heterocycles. The maximum atomic E-state index is 12.3. The number of amides is 2. The van der Waals surface area contributed by atoms with Gasteiger partial charge >= 0.3 is 12.2 Å². The number of nitrogens with zero attached hydrogens (tertiary/aromatic N) is 1. The number of nitrogens with two attached hydrogens (primary N) is 1. The van der Waals surface area contributed by atoms with Crippen LogP contribution in [-0.4, -0.2) is 67.6 Å². The van der Waals surface area contributed by atoms with E-state index in [1.165, 1.54) is 0 Å². The molecule has 0 aromatic heterocycles. The summed E-state index contributed by atoms with van der Waals surface area (Å²) in [6.45, 7) is 8.08. The van der Waals surface area contributed by atoms with Crippen LogP contribution in [0.15, 0.2) is 0 Å². The van der Waals surface area contributed by atoms with Gasteiger partial charge in [0.05, 0.1) is 6.61 Å². The molecule has 25 heavy (non-hydrogen) atoms. The molecule has 1 fully saturated rings. The smallest absolute Gasteiger partial charge is 0.370 e. The van der Waals surface area contributed by atoms with Gasteiger partial charge < -0.3 is 21.1 Å². The maximum Gasteiger partial charge on any atom is 0.411 e. The van der Waals surface area contributed by atoms with Crippen molar-refractivity contribution in [3.8, 4) is 0 Å². The lowest BCUT2D eigenvalue weighted by atomic mass is 10.1. The lowest BCUT2D eigenvalue weighted by Crippen LogP contribution is -2.50. The topological polar surface area (TPSA) is 79.6 Å². The van der Waals surface area contributed by atoms with Crippen molar-refractivity contribution < 1.29 is 22.7 Å². The van der Waals surface area contributed by atoms with Gasteiger partial charge in [-0.2, -0.15) is 13.2 Å². The Balaban J connectivity index is 2.58. The van der Waals surface area contributed by atoms with E-state index in [9.17, 15) is 18.0 Å². The van der Waals surface area contributed by atoms with Crippen LogP contribution >= 0.6 is 0 Å². The highest BCUT2D eigenvalue weighted by Gasteiger charge is 2.35. The van der Waals surface area contributed by atoms with Crippen LogP contribution in [0.5, 0.6) is 0 Å². The fraction of sp³-hybridized carbons (Fsp3) is 0.938. The molecule has 0 saturated carbocycles. The first-order valence-corrected chi connectivity index (χ1v) is 8.57. The van der Waals surface area contributed by atoms with Gasteiger partial charge in [-0.25, -0.2) is 4.79 Å². The minimum atomic E-state index is -4.34. The molecule has 1 heterocycles. The van der Waals surface area contributed by atoms with Gasteiger partial charge in [-0.15, -0.1) is 0 Å². The molecule has 0 aromatic rings. The monoisotopic (exact) mass is 368 g/mol. The highest BCUT2D eigenvalue weighted by Crippen LogP contribution is 2.21. The summed E-state index contributed by atoms with van der Waals surface area (Å²) < 4.78 is 41.7. The molecule has 3 atom stereocenters. The maximum absolute atomic E-state index is 12.3. The first-order chi connectivity index (χ1) is 11.4. The van der Waals surface area contributed by atoms with E-state index in [1.807, 2.05) is 27.7 Å². The Morgan fingerprint density at radius 1 is 1.36 bits per heavy atom. The number of likely N-dealkylation sites (tertiary alicyclic amines) is 1. The minimum absolute atomic E-state index is 0.0180. The molecule has 0 bridgehead atoms. The number of nitrogens with one attached hydrogen (secondary N) is 2. The van der Waals surface area contributed by atoms with Gasteiger partial charge in [-0.05, 0) is 39.7 Å². The summed E-state index contributed by atoms with van der Waals surface area (Å²) in [5.74, 6) is 0.215. The Kier molecular flexibility index (Phi) is 7.95. The SMILES string of the molecule is C[C@@H](CN)CN1C[C@H](NC(=O)NC(C)(C)C)C[C@@H]1COCC(F)(F)F. The predicted octanol–water partition coefficient (Wildman–Crippen LogP) is 1.70. The number of carbonyl (C=O) groups is 1. The van der Waals surface area contributed by atoms with E-state index in [2.05, 4.69) is 15.5 Å². The van der Waals surface area contributed by atoms with E-state index in [0.717, 1.165) is 0 Å². The summed E-state index contributed by atoms with van der Waals surface area (Å²) in [5.41, 5.74) is 5.30. The van der Waals surface area contributed by atoms with Crippen LogP contribution < -0.4 is 16.4 Å². The molecule has 6 nitrogen and oxygen atoms in total. The van der Waals surface area contributed by atoms with Crippen LogP contribution in [-0.2, 0) is 4.74 Å². The van der Waals surface area contributed by atoms with E-state index >= 15 is 0 Å². The largest absolute Gasteiger partial charge is 0.411 e. The van der Waals surface area contributed by atoms with Crippen LogP contribution in [0.4, 0.5) is 18.0 Å². The van der Waals surface area contributed by atoms with E-state index in [-0.39, 0.29) is 36.2 Å². The Bertz CT molecular complexity index is 427. The third-order valence-electron chi connectivity index (χ3n) is 3.88. The van der Waals surface area contributed by atoms with Gasteiger partial charge in [0.2, 0.25) is 0 Å². The Morgan fingerprint density at radius 2 is 2.00 bits per heavy atom. The van der Waals surface area contributed by atoms with Crippen molar-refractivity contribution in [2.24, 2.45) is 11.7 Å². The average Bonchev–Trinajstić information content (AvgIpc) is 2.76. The molecule has 9 heteroatoms. The molecule has 4 N–H and O–H groups in total. The summed E-state index contributed by atoms with van der Waals surface area (Å²) in [7, 11) is 0. The molecule has 1 saturated heterocycles. The van der Waals surface area contributed by atoms with Crippen LogP contribution in [0.25, 0.3) is 0 Å². The summed E-state index contributed by atoms with van der Waals surface area (Å²) in [5, 5.41) is 5.71. The normalized spacial score (nSPS) is 23.5. The van der Waals surface area contributed by atoms with Crippen molar-refractivity contribution in [2.45, 2.75) is 57.9 Å². The summed E-state index contributed by atoms with van der Waals surface area (Å²) >= 11 is 0. The fourth-order valence-electron chi connectivity index (χ4n) is 2.83. The van der Waals surface area contributed by atoms with Crippen LogP contribution in [0.1, 0.15) is 34.1 Å². The van der Waals surface area contributed by atoms with Gasteiger partial charge in [-0.3, -0.25) is 4.90 Å². The van der Waals surface area contributed by atoms with Gasteiger partial charge in [0.25, 0.3) is 0 Å². The summed E-state index contributed by atoms with van der Waals surface area (Å²) in [6.07, 6.45) is -3.79. The van der Waals surface area contributed by atoms with Crippen LogP contribution in [0, 0.1) is 5.92 Å². The van der Waals surface area contributed by atoms with E-state index in [4.69, 9.17) is 10.5 Å². The second-order valence-electron chi connectivity index (χ2n) is 7.86. The van der Waals surface area contributed by atoms with Crippen LogP contribution in [0.3, 0.4) is 0 Å². The average molecular weight is 368 g/mol. The quantitative estimate of drug-likeness (QED) is 0.639. The van der Waals surface area contributed by atoms with Crippen molar-refractivity contribution in [2.75, 3.05) is 32.8 Å². The summed E-state index contributed by atoms with van der Waals surface area (Å²) in [6, 6.07) is -0.579. The second-order valence-corrected chi connectivity index (χ2v) is 7.86. The molecule has 1 rings (SSSR count). The van der Waals surface area contributed by atoms with Crippen LogP contribution in [0.2, 0.25) is 0 Å². The van der Waals surface area contributed by atoms with Crippen molar-refractivity contribution in [3.05, 3.63) is 0 Å². The van der Waals surface area contributed by atoms with Crippen molar-refractivity contribution in [1.29, 1.82) is 0 Å². The van der Waals surface area contributed by atoms with Gasteiger partial charge in [0.15, 0.2) is 0 Å². The molecular weight excluding hydrogens is 337 g/mol. The number of hydrogen-bond donors (Lipinski definition) is 3. The number of alkyl halides is 3. The number of rotatable bonds is 7. The van der Waals surface area contributed by atoms with Crippen molar-refractivity contribution in [3.63, 3.8) is 0 Å². The molecular formula is C16H31F3N4O2. The number of urea groups is 1. The number of ether oxygens (including phenoxy) is 1. The van der Waals surface area contributed by atoms with Crippen molar-refractivity contribution in [1.82, 2.24) is 15.5 Å². The molecule has 0 aliphatic carbocycles. The Morgan fingerprint density at radius 3 is 2.52 bits per heavy atom. The standard InChI is InChI=1S/C16H31F3N4O2/c1-11(6-20)7-23-8-12(21-14(24)22-15(2,3)4)5-13(23)9-25-10-16(17,18)19/h11-13H,5-10,20H2,1-4H3,(H2,21,22,24)/t11-,12+,13+/m0/s1. The molecule has 148 valence electrons. The Hall–Kier alpha value is -1.06. The van der Waals surface area contributed by atoms with E-state index < -0.39 is 12.8 Å². The molecule has 0 unspecified atom stereocenters. The predicted molar refractivity (Wildman–Crippen MR) is 90.3 cm³/mol. The second kappa shape index (κ2) is 9.05. The molecule has 1 aliphatic rings. The first kappa shape index (κ1) is 22.0. The molecule has 0 spiro atoms. The zero-order valence-electron chi connectivity index (χ0n) is 15.4. The third kappa shape index (κ3) is 9.27. The van der Waals surface area contributed by atoms with Gasteiger partial charge in [0.1, 0.15) is 6.61 Å². The highest BCUT2D eigenvalue weighted by atomic mass is 19.4. The lowest BCUT2D eigenvalue weighted by molar-refractivity contribution is -0.176. The van der Waals surface area contributed by atoms with E-state index in [1.54, 1.807) is 0 Å². The third-order valence-corrected chi connectivity index (χ3v) is 3.88. The zero-order chi connectivity index (χ0) is 19.3. The number of halogens is 3. The minimum Gasteiger partial charge on any atom is -0.370 e. The van der Waals surface area contributed by atoms with E-state index in [0.29, 0.717) is 26.1 Å². The zero-order valence-corrected chi connectivity index (χ0v) is 15.4. The highest BCUT2D eigenvalue weighted by molar-refractivity contribution is 5.75. The van der Waals surface area contributed by atoms with Crippen molar-refractivity contribution >= 4 is 6.03 Å². The van der Waals surface area contributed by atoms with Gasteiger partial charge in [0, 0.05) is 30.7 Å². The lowest BCUT2D eigenvalue weighted by Gasteiger charge is -2.26. The number of carbonyl (C=O) groups excluding carboxylic acids is 1. The van der Waals surface area contributed by atoms with Gasteiger partial charge in [-0.1, -0.05) is 6.92 Å². The Labute approximate surface area is 147 Å². The fourth-order valence-corrected chi connectivity index (χ4v) is 2.83. The number of hydrogen-bond acceptors (Lipinski definition) is 4. The first-order valence-electron chi connectivity index (χ1n) is 8.57. The molecule has 0 radical (unpaired) electrons. The molecule has 0 aromatic carbocycles. The summed E-state index contributed by atoms with van der Waals surface area (Å²) in [4.78, 5) is 14.1.